The minimum absolute atomic E-state index is 0.658. The summed E-state index contributed by atoms with van der Waals surface area (Å²) in [7, 11) is 0. The van der Waals surface area contributed by atoms with E-state index in [1.165, 1.54) is 55.5 Å². The first kappa shape index (κ1) is 9.82. The smallest absolute Gasteiger partial charge is 0.0439 e. The summed E-state index contributed by atoms with van der Waals surface area (Å²) >= 11 is 0. The van der Waals surface area contributed by atoms with Crippen LogP contribution in [0.15, 0.2) is 23.0 Å². The van der Waals surface area contributed by atoms with E-state index in [1.54, 1.807) is 0 Å². The van der Waals surface area contributed by atoms with Gasteiger partial charge in [0.05, 0.1) is 0 Å². The summed E-state index contributed by atoms with van der Waals surface area (Å²) in [5, 5.41) is 4.77. The Morgan fingerprint density at radius 3 is 2.86 bits per heavy atom. The standard InChI is InChI=1S/C13H20N/c1-3-6-10(2)13-9-11-7-4-5-8-12(11)14-13/h9-10H,3-8H2,1-2H3. The van der Waals surface area contributed by atoms with Crippen molar-refractivity contribution >= 4 is 0 Å². The Hall–Kier alpha value is -0.720. The van der Waals surface area contributed by atoms with Crippen molar-refractivity contribution in [2.24, 2.45) is 5.92 Å². The van der Waals surface area contributed by atoms with Crippen molar-refractivity contribution in [3.63, 3.8) is 0 Å². The monoisotopic (exact) mass is 190 g/mol. The molecule has 0 saturated heterocycles. The molecule has 1 aliphatic heterocycles. The van der Waals surface area contributed by atoms with Gasteiger partial charge in [0.1, 0.15) is 0 Å². The molecule has 1 radical (unpaired) electrons. The maximum atomic E-state index is 4.77. The second-order valence-electron chi connectivity index (χ2n) is 4.55. The summed E-state index contributed by atoms with van der Waals surface area (Å²) < 4.78 is 0. The van der Waals surface area contributed by atoms with Crippen LogP contribution in [0.5, 0.6) is 0 Å². The fraction of sp³-hybridized carbons (Fsp3) is 0.692. The van der Waals surface area contributed by atoms with Crippen molar-refractivity contribution in [3.8, 4) is 0 Å². The Bertz CT molecular complexity index is 273. The van der Waals surface area contributed by atoms with Gasteiger partial charge in [-0.1, -0.05) is 20.3 Å². The SMILES string of the molecule is CCCC(C)C1=CC2=C(CCCC2)[N]1. The summed E-state index contributed by atoms with van der Waals surface area (Å²) in [6, 6.07) is 0. The van der Waals surface area contributed by atoms with Crippen LogP contribution >= 0.6 is 0 Å². The first-order valence-electron chi connectivity index (χ1n) is 5.96. The van der Waals surface area contributed by atoms with E-state index in [9.17, 15) is 0 Å². The summed E-state index contributed by atoms with van der Waals surface area (Å²) in [5.74, 6) is 0.658. The largest absolute Gasteiger partial charge is 0.257 e. The topological polar surface area (TPSA) is 14.1 Å². The molecule has 1 heterocycles. The van der Waals surface area contributed by atoms with Crippen molar-refractivity contribution in [1.82, 2.24) is 5.32 Å². The lowest BCUT2D eigenvalue weighted by atomic mass is 9.97. The zero-order chi connectivity index (χ0) is 9.97. The van der Waals surface area contributed by atoms with E-state index in [0.29, 0.717) is 5.92 Å². The molecule has 0 fully saturated rings. The Balaban J connectivity index is 2.00. The lowest BCUT2D eigenvalue weighted by Gasteiger charge is -2.14. The molecule has 1 atom stereocenters. The molecule has 1 aliphatic carbocycles. The molecule has 0 aromatic heterocycles. The van der Waals surface area contributed by atoms with Crippen LogP contribution in [-0.4, -0.2) is 0 Å². The predicted molar refractivity (Wildman–Crippen MR) is 59.8 cm³/mol. The van der Waals surface area contributed by atoms with E-state index in [2.05, 4.69) is 19.9 Å². The summed E-state index contributed by atoms with van der Waals surface area (Å²) in [4.78, 5) is 0. The van der Waals surface area contributed by atoms with Gasteiger partial charge < -0.3 is 0 Å². The zero-order valence-corrected chi connectivity index (χ0v) is 9.34. The van der Waals surface area contributed by atoms with E-state index in [1.807, 2.05) is 0 Å². The van der Waals surface area contributed by atoms with Gasteiger partial charge in [-0.2, -0.15) is 0 Å². The highest BCUT2D eigenvalue weighted by molar-refractivity contribution is 5.38. The first-order chi connectivity index (χ1) is 6.81. The molecule has 77 valence electrons. The molecule has 1 heteroatoms. The second-order valence-corrected chi connectivity index (χ2v) is 4.55. The maximum Gasteiger partial charge on any atom is 0.0439 e. The normalized spacial score (nSPS) is 22.9. The van der Waals surface area contributed by atoms with Gasteiger partial charge in [-0.3, -0.25) is 5.32 Å². The maximum absolute atomic E-state index is 4.77. The van der Waals surface area contributed by atoms with Crippen LogP contribution in [-0.2, 0) is 0 Å². The summed E-state index contributed by atoms with van der Waals surface area (Å²) in [6.45, 7) is 4.55. The molecule has 2 aliphatic rings. The number of hydrogen-bond donors (Lipinski definition) is 0. The summed E-state index contributed by atoms with van der Waals surface area (Å²) in [5.41, 5.74) is 4.28. The molecule has 0 aromatic carbocycles. The highest BCUT2D eigenvalue weighted by Crippen LogP contribution is 2.33. The van der Waals surface area contributed by atoms with Crippen molar-refractivity contribution in [2.75, 3.05) is 0 Å². The highest BCUT2D eigenvalue weighted by atomic mass is 14.9. The fourth-order valence-corrected chi connectivity index (χ4v) is 2.40. The Kier molecular flexibility index (Phi) is 2.95. The molecule has 0 aromatic rings. The van der Waals surface area contributed by atoms with Crippen LogP contribution in [0.1, 0.15) is 52.4 Å². The Morgan fingerprint density at radius 1 is 1.36 bits per heavy atom. The molecule has 2 rings (SSSR count). The van der Waals surface area contributed by atoms with E-state index < -0.39 is 0 Å². The highest BCUT2D eigenvalue weighted by Gasteiger charge is 2.22. The van der Waals surface area contributed by atoms with Gasteiger partial charge in [-0.15, -0.1) is 0 Å². The summed E-state index contributed by atoms with van der Waals surface area (Å²) in [6.07, 6.45) is 10.1. The predicted octanol–water partition coefficient (Wildman–Crippen LogP) is 3.75. The molecule has 1 nitrogen and oxygen atoms in total. The molecular weight excluding hydrogens is 170 g/mol. The van der Waals surface area contributed by atoms with Gasteiger partial charge in [-0.25, -0.2) is 0 Å². The van der Waals surface area contributed by atoms with Crippen LogP contribution in [0.25, 0.3) is 0 Å². The van der Waals surface area contributed by atoms with Crippen LogP contribution in [0.3, 0.4) is 0 Å². The van der Waals surface area contributed by atoms with Crippen molar-refractivity contribution in [2.45, 2.75) is 52.4 Å². The molecule has 14 heavy (non-hydrogen) atoms. The molecule has 0 saturated carbocycles. The van der Waals surface area contributed by atoms with Crippen LogP contribution in [0.2, 0.25) is 0 Å². The lowest BCUT2D eigenvalue weighted by Crippen LogP contribution is -2.09. The van der Waals surface area contributed by atoms with Crippen LogP contribution in [0.4, 0.5) is 0 Å². The Morgan fingerprint density at radius 2 is 2.14 bits per heavy atom. The molecule has 0 amide bonds. The quantitative estimate of drug-likeness (QED) is 0.643. The lowest BCUT2D eigenvalue weighted by molar-refractivity contribution is 0.564. The average Bonchev–Trinajstić information content (AvgIpc) is 2.61. The molecule has 0 bridgehead atoms. The van der Waals surface area contributed by atoms with Gasteiger partial charge in [-0.05, 0) is 49.7 Å². The number of hydrogen-bond acceptors (Lipinski definition) is 0. The van der Waals surface area contributed by atoms with Gasteiger partial charge in [0.2, 0.25) is 0 Å². The van der Waals surface area contributed by atoms with Crippen molar-refractivity contribution in [1.29, 1.82) is 0 Å². The van der Waals surface area contributed by atoms with Gasteiger partial charge in [0, 0.05) is 11.4 Å². The van der Waals surface area contributed by atoms with E-state index >= 15 is 0 Å². The minimum atomic E-state index is 0.658. The third kappa shape index (κ3) is 1.87. The number of allylic oxidation sites excluding steroid dienone is 4. The third-order valence-corrected chi connectivity index (χ3v) is 3.29. The fourth-order valence-electron chi connectivity index (χ4n) is 2.40. The average molecular weight is 190 g/mol. The van der Waals surface area contributed by atoms with Crippen molar-refractivity contribution in [3.05, 3.63) is 23.0 Å². The van der Waals surface area contributed by atoms with Crippen molar-refractivity contribution < 1.29 is 0 Å². The zero-order valence-electron chi connectivity index (χ0n) is 9.34. The number of nitrogens with zero attached hydrogens (tertiary/aromatic N) is 1. The van der Waals surface area contributed by atoms with Crippen LogP contribution in [0, 0.1) is 5.92 Å². The van der Waals surface area contributed by atoms with E-state index in [-0.39, 0.29) is 0 Å². The van der Waals surface area contributed by atoms with Crippen LogP contribution < -0.4 is 5.32 Å². The van der Waals surface area contributed by atoms with E-state index in [4.69, 9.17) is 5.32 Å². The van der Waals surface area contributed by atoms with E-state index in [0.717, 1.165) is 0 Å². The molecule has 0 N–H and O–H groups in total. The van der Waals surface area contributed by atoms with Gasteiger partial charge >= 0.3 is 0 Å². The minimum Gasteiger partial charge on any atom is -0.257 e. The molecular formula is C13H20N. The molecule has 1 unspecified atom stereocenters. The molecule has 0 spiro atoms. The second kappa shape index (κ2) is 4.20. The third-order valence-electron chi connectivity index (χ3n) is 3.29. The Labute approximate surface area is 87.3 Å². The first-order valence-corrected chi connectivity index (χ1v) is 5.96. The van der Waals surface area contributed by atoms with Gasteiger partial charge in [0.25, 0.3) is 0 Å². The van der Waals surface area contributed by atoms with Gasteiger partial charge in [0.15, 0.2) is 0 Å². The number of rotatable bonds is 3.